The summed E-state index contributed by atoms with van der Waals surface area (Å²) in [6.45, 7) is 2.66. The van der Waals surface area contributed by atoms with Crippen molar-refractivity contribution < 1.29 is 22.8 Å². The van der Waals surface area contributed by atoms with Crippen molar-refractivity contribution in [3.8, 4) is 17.0 Å². The second-order valence-corrected chi connectivity index (χ2v) is 7.71. The van der Waals surface area contributed by atoms with Gasteiger partial charge in [-0.3, -0.25) is 14.8 Å². The van der Waals surface area contributed by atoms with Gasteiger partial charge in [0.05, 0.1) is 28.6 Å². The first-order valence-electron chi connectivity index (χ1n) is 10.1. The highest BCUT2D eigenvalue weighted by Gasteiger charge is 2.23. The summed E-state index contributed by atoms with van der Waals surface area (Å²) < 4.78 is 36.0. The van der Waals surface area contributed by atoms with Crippen LogP contribution in [0.25, 0.3) is 11.3 Å². The third kappa shape index (κ3) is 4.88. The first-order valence-corrected chi connectivity index (χ1v) is 10.4. The number of carbonyl (C=O) groups excluding carboxylic acids is 1. The second kappa shape index (κ2) is 9.56. The highest BCUT2D eigenvalue weighted by Crippen LogP contribution is 2.24. The van der Waals surface area contributed by atoms with Crippen LogP contribution < -0.4 is 10.1 Å². The molecule has 3 heterocycles. The van der Waals surface area contributed by atoms with E-state index in [4.69, 9.17) is 16.1 Å². The molecule has 4 aromatic rings. The predicted octanol–water partition coefficient (Wildman–Crippen LogP) is 4.81. The molecule has 4 rings (SSSR count). The Morgan fingerprint density at radius 3 is 2.59 bits per heavy atom. The molecule has 0 fully saturated rings. The number of ether oxygens (including phenoxy) is 1. The number of halogens is 3. The standard InChI is InChI=1S/C22H19ClF2N6O3/c1-11-18(23)12(2)31(29-11)10-16-13(3)34-30-19(16)20(32)28-22-26-9-8-17(27-22)14-4-6-15(7-5-14)33-21(24)25/h4-9,21H,10H2,1-3H3,(H,26,27,28,32). The van der Waals surface area contributed by atoms with Gasteiger partial charge in [0.2, 0.25) is 5.95 Å². The largest absolute Gasteiger partial charge is 0.435 e. The van der Waals surface area contributed by atoms with E-state index in [1.54, 1.807) is 36.7 Å². The zero-order valence-corrected chi connectivity index (χ0v) is 19.1. The Morgan fingerprint density at radius 2 is 1.94 bits per heavy atom. The molecule has 0 saturated heterocycles. The lowest BCUT2D eigenvalue weighted by Gasteiger charge is -2.08. The quantitative estimate of drug-likeness (QED) is 0.397. The van der Waals surface area contributed by atoms with Gasteiger partial charge < -0.3 is 9.26 Å². The molecule has 34 heavy (non-hydrogen) atoms. The molecule has 0 saturated carbocycles. The lowest BCUT2D eigenvalue weighted by Crippen LogP contribution is -2.18. The van der Waals surface area contributed by atoms with Gasteiger partial charge in [0.15, 0.2) is 5.69 Å². The molecule has 1 aromatic carbocycles. The molecule has 0 aliphatic carbocycles. The summed E-state index contributed by atoms with van der Waals surface area (Å²) in [6, 6.07) is 7.57. The molecule has 0 radical (unpaired) electrons. The summed E-state index contributed by atoms with van der Waals surface area (Å²) in [6.07, 6.45) is 1.47. The van der Waals surface area contributed by atoms with Crippen LogP contribution in [-0.2, 0) is 6.54 Å². The summed E-state index contributed by atoms with van der Waals surface area (Å²) in [4.78, 5) is 21.3. The van der Waals surface area contributed by atoms with Crippen molar-refractivity contribution in [3.05, 3.63) is 70.0 Å². The fraction of sp³-hybridized carbons (Fsp3) is 0.227. The average Bonchev–Trinajstić information content (AvgIpc) is 3.28. The Labute approximate surface area is 197 Å². The van der Waals surface area contributed by atoms with Gasteiger partial charge in [-0.25, -0.2) is 9.97 Å². The molecule has 1 N–H and O–H groups in total. The maximum atomic E-state index is 12.9. The summed E-state index contributed by atoms with van der Waals surface area (Å²) in [5.41, 5.74) is 3.15. The summed E-state index contributed by atoms with van der Waals surface area (Å²) in [7, 11) is 0. The van der Waals surface area contributed by atoms with Crippen LogP contribution in [-0.4, -0.2) is 37.4 Å². The van der Waals surface area contributed by atoms with Gasteiger partial charge in [0.1, 0.15) is 11.5 Å². The Morgan fingerprint density at radius 1 is 1.21 bits per heavy atom. The molecule has 0 aliphatic heterocycles. The van der Waals surface area contributed by atoms with Crippen molar-refractivity contribution in [2.75, 3.05) is 5.32 Å². The molecule has 0 bridgehead atoms. The Bertz CT molecular complexity index is 1340. The smallest absolute Gasteiger partial charge is 0.387 e. The number of aromatic nitrogens is 5. The van der Waals surface area contributed by atoms with Crippen molar-refractivity contribution in [3.63, 3.8) is 0 Å². The number of benzene rings is 1. The van der Waals surface area contributed by atoms with E-state index in [-0.39, 0.29) is 23.9 Å². The molecule has 0 atom stereocenters. The Kier molecular flexibility index (Phi) is 6.55. The fourth-order valence-electron chi connectivity index (χ4n) is 3.28. The van der Waals surface area contributed by atoms with E-state index in [9.17, 15) is 13.6 Å². The number of nitrogens with zero attached hydrogens (tertiary/aromatic N) is 5. The monoisotopic (exact) mass is 488 g/mol. The molecule has 176 valence electrons. The normalized spacial score (nSPS) is 11.1. The van der Waals surface area contributed by atoms with E-state index in [1.165, 1.54) is 18.3 Å². The molecule has 3 aromatic heterocycles. The van der Waals surface area contributed by atoms with E-state index in [0.29, 0.717) is 33.3 Å². The van der Waals surface area contributed by atoms with Crippen molar-refractivity contribution in [2.45, 2.75) is 33.9 Å². The molecule has 0 unspecified atom stereocenters. The van der Waals surface area contributed by atoms with E-state index in [1.807, 2.05) is 6.92 Å². The number of amides is 1. The molecule has 0 aliphatic rings. The van der Waals surface area contributed by atoms with Gasteiger partial charge in [-0.05, 0) is 51.1 Å². The van der Waals surface area contributed by atoms with Crippen LogP contribution >= 0.6 is 11.6 Å². The van der Waals surface area contributed by atoms with Gasteiger partial charge in [0.25, 0.3) is 5.91 Å². The van der Waals surface area contributed by atoms with Gasteiger partial charge in [-0.15, -0.1) is 0 Å². The van der Waals surface area contributed by atoms with Crippen LogP contribution in [0.5, 0.6) is 5.75 Å². The van der Waals surface area contributed by atoms with Crippen molar-refractivity contribution in [1.82, 2.24) is 24.9 Å². The zero-order valence-electron chi connectivity index (χ0n) is 18.3. The lowest BCUT2D eigenvalue weighted by atomic mass is 10.1. The molecule has 12 heteroatoms. The van der Waals surface area contributed by atoms with Crippen LogP contribution in [0.2, 0.25) is 5.02 Å². The number of rotatable bonds is 7. The minimum atomic E-state index is -2.91. The van der Waals surface area contributed by atoms with Gasteiger partial charge in [0, 0.05) is 17.3 Å². The van der Waals surface area contributed by atoms with Crippen LogP contribution in [0.15, 0.2) is 41.1 Å². The number of hydrogen-bond acceptors (Lipinski definition) is 7. The number of anilines is 1. The Hall–Kier alpha value is -3.86. The molecule has 0 spiro atoms. The third-order valence-corrected chi connectivity index (χ3v) is 5.60. The number of alkyl halides is 2. The Balaban J connectivity index is 1.53. The summed E-state index contributed by atoms with van der Waals surface area (Å²) in [5.74, 6) is -0.0257. The van der Waals surface area contributed by atoms with Gasteiger partial charge >= 0.3 is 6.61 Å². The maximum Gasteiger partial charge on any atom is 0.387 e. The molecular weight excluding hydrogens is 470 g/mol. The van der Waals surface area contributed by atoms with Crippen LogP contribution in [0.1, 0.15) is 33.2 Å². The topological polar surface area (TPSA) is 108 Å². The summed E-state index contributed by atoms with van der Waals surface area (Å²) in [5, 5.41) is 11.4. The van der Waals surface area contributed by atoms with E-state index >= 15 is 0 Å². The first kappa shape index (κ1) is 23.3. The van der Waals surface area contributed by atoms with Crippen LogP contribution in [0, 0.1) is 20.8 Å². The van der Waals surface area contributed by atoms with Crippen LogP contribution in [0.3, 0.4) is 0 Å². The highest BCUT2D eigenvalue weighted by molar-refractivity contribution is 6.31. The highest BCUT2D eigenvalue weighted by atomic mass is 35.5. The molecule has 9 nitrogen and oxygen atoms in total. The maximum absolute atomic E-state index is 12.9. The van der Waals surface area contributed by atoms with E-state index in [0.717, 1.165) is 5.69 Å². The van der Waals surface area contributed by atoms with Crippen molar-refractivity contribution in [2.24, 2.45) is 0 Å². The fourth-order valence-corrected chi connectivity index (χ4v) is 3.42. The zero-order chi connectivity index (χ0) is 24.4. The predicted molar refractivity (Wildman–Crippen MR) is 119 cm³/mol. The first-order chi connectivity index (χ1) is 16.2. The molecule has 1 amide bonds. The van der Waals surface area contributed by atoms with Crippen molar-refractivity contribution in [1.29, 1.82) is 0 Å². The van der Waals surface area contributed by atoms with Gasteiger partial charge in [-0.2, -0.15) is 13.9 Å². The molecular formula is C22H19ClF2N6O3. The number of hydrogen-bond donors (Lipinski definition) is 1. The SMILES string of the molecule is Cc1nn(Cc2c(C(=O)Nc3nccc(-c4ccc(OC(F)F)cc4)n3)noc2C)c(C)c1Cl. The van der Waals surface area contributed by atoms with Crippen LogP contribution in [0.4, 0.5) is 14.7 Å². The number of carbonyl (C=O) groups is 1. The summed E-state index contributed by atoms with van der Waals surface area (Å²) >= 11 is 6.23. The minimum Gasteiger partial charge on any atom is -0.435 e. The van der Waals surface area contributed by atoms with Crippen molar-refractivity contribution >= 4 is 23.5 Å². The number of aryl methyl sites for hydroxylation is 2. The average molecular weight is 489 g/mol. The lowest BCUT2D eigenvalue weighted by molar-refractivity contribution is -0.0498. The van der Waals surface area contributed by atoms with E-state index < -0.39 is 12.5 Å². The van der Waals surface area contributed by atoms with E-state index in [2.05, 4.69) is 30.3 Å². The second-order valence-electron chi connectivity index (χ2n) is 7.33. The minimum absolute atomic E-state index is 0.0270. The third-order valence-electron chi connectivity index (χ3n) is 5.06. The van der Waals surface area contributed by atoms with Gasteiger partial charge in [-0.1, -0.05) is 16.8 Å². The number of nitrogens with one attached hydrogen (secondary N) is 1.